The van der Waals surface area contributed by atoms with Gasteiger partial charge in [-0.15, -0.1) is 11.3 Å². The molecule has 0 amide bonds. The molecule has 0 radical (unpaired) electrons. The number of nitrogens with one attached hydrogen (secondary N) is 1. The minimum absolute atomic E-state index is 0.129. The van der Waals surface area contributed by atoms with Crippen molar-refractivity contribution in [3.63, 3.8) is 0 Å². The Hall–Kier alpha value is -1.17. The van der Waals surface area contributed by atoms with Crippen molar-refractivity contribution in [2.75, 3.05) is 6.61 Å². The van der Waals surface area contributed by atoms with Crippen LogP contribution >= 0.6 is 11.3 Å². The van der Waals surface area contributed by atoms with E-state index in [0.717, 1.165) is 25.1 Å². The van der Waals surface area contributed by atoms with Gasteiger partial charge in [0.05, 0.1) is 19.3 Å². The first-order valence-electron chi connectivity index (χ1n) is 6.22. The summed E-state index contributed by atoms with van der Waals surface area (Å²) in [5.74, 6) is 0. The lowest BCUT2D eigenvalue weighted by molar-refractivity contribution is 0.269. The molecule has 0 spiro atoms. The van der Waals surface area contributed by atoms with Crippen LogP contribution in [0.5, 0.6) is 0 Å². The van der Waals surface area contributed by atoms with Crippen molar-refractivity contribution < 1.29 is 5.11 Å². The fourth-order valence-corrected chi connectivity index (χ4v) is 2.69. The minimum atomic E-state index is 0.129. The average molecular weight is 265 g/mol. The quantitative estimate of drug-likeness (QED) is 0.802. The first-order valence-corrected chi connectivity index (χ1v) is 7.04. The maximum atomic E-state index is 8.80. The number of aliphatic hydroxyl groups is 1. The molecule has 2 rings (SSSR count). The molecule has 4 nitrogen and oxygen atoms in total. The van der Waals surface area contributed by atoms with Crippen LogP contribution in [0.15, 0.2) is 24.5 Å². The summed E-state index contributed by atoms with van der Waals surface area (Å²) in [7, 11) is 0. The predicted molar refractivity (Wildman–Crippen MR) is 73.6 cm³/mol. The highest BCUT2D eigenvalue weighted by atomic mass is 32.1. The fourth-order valence-electron chi connectivity index (χ4n) is 1.76. The highest BCUT2D eigenvalue weighted by Gasteiger charge is 2.00. The molecular weight excluding hydrogens is 246 g/mol. The number of nitrogens with zero attached hydrogens (tertiary/aromatic N) is 2. The average Bonchev–Trinajstić information content (AvgIpc) is 2.99. The van der Waals surface area contributed by atoms with E-state index >= 15 is 0 Å². The largest absolute Gasteiger partial charge is 0.394 e. The maximum absolute atomic E-state index is 8.80. The fraction of sp³-hybridized carbons (Fsp3) is 0.462. The van der Waals surface area contributed by atoms with Crippen molar-refractivity contribution in [2.45, 2.75) is 33.0 Å². The van der Waals surface area contributed by atoms with Crippen LogP contribution < -0.4 is 5.32 Å². The summed E-state index contributed by atoms with van der Waals surface area (Å²) >= 11 is 1.86. The Labute approximate surface area is 111 Å². The van der Waals surface area contributed by atoms with E-state index in [0.29, 0.717) is 6.54 Å². The van der Waals surface area contributed by atoms with Gasteiger partial charge in [0.2, 0.25) is 0 Å². The van der Waals surface area contributed by atoms with Crippen LogP contribution in [0.1, 0.15) is 22.2 Å². The summed E-state index contributed by atoms with van der Waals surface area (Å²) in [6, 6.07) is 4.38. The maximum Gasteiger partial charge on any atom is 0.0640 e. The molecular formula is C13H19N3OS. The van der Waals surface area contributed by atoms with Gasteiger partial charge in [-0.3, -0.25) is 4.68 Å². The van der Waals surface area contributed by atoms with Crippen molar-refractivity contribution >= 4 is 11.3 Å². The molecule has 0 aliphatic carbocycles. The zero-order chi connectivity index (χ0) is 12.8. The van der Waals surface area contributed by atoms with E-state index in [9.17, 15) is 0 Å². The van der Waals surface area contributed by atoms with Crippen LogP contribution in [0.2, 0.25) is 0 Å². The molecule has 0 aliphatic heterocycles. The van der Waals surface area contributed by atoms with Crippen molar-refractivity contribution in [1.29, 1.82) is 0 Å². The van der Waals surface area contributed by atoms with Gasteiger partial charge in [0.1, 0.15) is 0 Å². The highest BCUT2D eigenvalue weighted by Crippen LogP contribution is 2.16. The second-order valence-electron chi connectivity index (χ2n) is 4.16. The smallest absolute Gasteiger partial charge is 0.0640 e. The molecule has 0 aliphatic rings. The van der Waals surface area contributed by atoms with Crippen molar-refractivity contribution in [3.8, 4) is 0 Å². The van der Waals surface area contributed by atoms with Crippen LogP contribution in [0, 0.1) is 0 Å². The summed E-state index contributed by atoms with van der Waals surface area (Å²) in [6.07, 6.45) is 4.92. The second-order valence-corrected chi connectivity index (χ2v) is 5.41. The molecule has 0 fully saturated rings. The Kier molecular flexibility index (Phi) is 4.92. The molecule has 0 aromatic carbocycles. The van der Waals surface area contributed by atoms with Gasteiger partial charge in [-0.1, -0.05) is 6.92 Å². The summed E-state index contributed by atoms with van der Waals surface area (Å²) in [5, 5.41) is 16.4. The van der Waals surface area contributed by atoms with E-state index in [2.05, 4.69) is 29.5 Å². The number of hydrogen-bond donors (Lipinski definition) is 2. The van der Waals surface area contributed by atoms with Gasteiger partial charge in [-0.2, -0.15) is 5.10 Å². The molecule has 0 unspecified atom stereocenters. The molecule has 2 aromatic rings. The van der Waals surface area contributed by atoms with E-state index in [4.69, 9.17) is 5.11 Å². The lowest BCUT2D eigenvalue weighted by atomic mass is 10.3. The minimum Gasteiger partial charge on any atom is -0.394 e. The molecule has 2 N–H and O–H groups in total. The summed E-state index contributed by atoms with van der Waals surface area (Å²) in [4.78, 5) is 2.80. The first-order chi connectivity index (χ1) is 8.81. The summed E-state index contributed by atoms with van der Waals surface area (Å²) in [6.45, 7) is 4.58. The third-order valence-electron chi connectivity index (χ3n) is 2.71. The number of aliphatic hydroxyl groups excluding tert-OH is 1. The third kappa shape index (κ3) is 3.66. The third-order valence-corrected chi connectivity index (χ3v) is 3.94. The van der Waals surface area contributed by atoms with E-state index in [1.54, 1.807) is 4.68 Å². The standard InChI is InChI=1S/C13H19N3OS/c1-2-12-3-4-13(18-12)9-14-7-11-8-15-16(10-11)5-6-17/h3-4,8,10,14,17H,2,5-7,9H2,1H3. The second kappa shape index (κ2) is 6.68. The Morgan fingerprint density at radius 3 is 2.89 bits per heavy atom. The van der Waals surface area contributed by atoms with E-state index in [-0.39, 0.29) is 6.61 Å². The molecule has 2 heterocycles. The van der Waals surface area contributed by atoms with Gasteiger partial charge in [0.25, 0.3) is 0 Å². The van der Waals surface area contributed by atoms with E-state index in [1.165, 1.54) is 9.75 Å². The zero-order valence-corrected chi connectivity index (χ0v) is 11.4. The molecule has 98 valence electrons. The predicted octanol–water partition coefficient (Wildman–Crippen LogP) is 1.79. The van der Waals surface area contributed by atoms with Crippen LogP contribution in [0.4, 0.5) is 0 Å². The van der Waals surface area contributed by atoms with Gasteiger partial charge in [0, 0.05) is 34.6 Å². The number of thiophene rings is 1. The van der Waals surface area contributed by atoms with Crippen molar-refractivity contribution in [2.24, 2.45) is 0 Å². The Morgan fingerprint density at radius 2 is 2.17 bits per heavy atom. The molecule has 0 bridgehead atoms. The van der Waals surface area contributed by atoms with Crippen molar-refractivity contribution in [1.82, 2.24) is 15.1 Å². The van der Waals surface area contributed by atoms with Gasteiger partial charge < -0.3 is 10.4 Å². The molecule has 2 aromatic heterocycles. The van der Waals surface area contributed by atoms with Gasteiger partial charge in [-0.05, 0) is 18.6 Å². The van der Waals surface area contributed by atoms with E-state index < -0.39 is 0 Å². The molecule has 0 saturated heterocycles. The van der Waals surface area contributed by atoms with E-state index in [1.807, 2.05) is 23.7 Å². The molecule has 0 saturated carbocycles. The van der Waals surface area contributed by atoms with Gasteiger partial charge in [-0.25, -0.2) is 0 Å². The SMILES string of the molecule is CCc1ccc(CNCc2cnn(CCO)c2)s1. The van der Waals surface area contributed by atoms with Crippen molar-refractivity contribution in [3.05, 3.63) is 39.8 Å². The zero-order valence-electron chi connectivity index (χ0n) is 10.6. The number of rotatable bonds is 7. The van der Waals surface area contributed by atoms with Crippen LogP contribution in [0.25, 0.3) is 0 Å². The van der Waals surface area contributed by atoms with Crippen LogP contribution in [0.3, 0.4) is 0 Å². The molecule has 18 heavy (non-hydrogen) atoms. The topological polar surface area (TPSA) is 50.1 Å². The van der Waals surface area contributed by atoms with Gasteiger partial charge >= 0.3 is 0 Å². The lowest BCUT2D eigenvalue weighted by Crippen LogP contribution is -2.11. The van der Waals surface area contributed by atoms with Gasteiger partial charge in [0.15, 0.2) is 0 Å². The Balaban J connectivity index is 1.77. The van der Waals surface area contributed by atoms with Crippen LogP contribution in [-0.4, -0.2) is 21.5 Å². The highest BCUT2D eigenvalue weighted by molar-refractivity contribution is 7.11. The normalized spacial score (nSPS) is 11.0. The first kappa shape index (κ1) is 13.3. The number of hydrogen-bond acceptors (Lipinski definition) is 4. The molecule has 5 heteroatoms. The van der Waals surface area contributed by atoms with Crippen LogP contribution in [-0.2, 0) is 26.1 Å². The summed E-state index contributed by atoms with van der Waals surface area (Å²) in [5.41, 5.74) is 1.15. The monoisotopic (exact) mass is 265 g/mol. The number of aromatic nitrogens is 2. The summed E-state index contributed by atoms with van der Waals surface area (Å²) < 4.78 is 1.76. The number of aryl methyl sites for hydroxylation is 1. The Morgan fingerprint density at radius 1 is 1.33 bits per heavy atom. The lowest BCUT2D eigenvalue weighted by Gasteiger charge is -2.00. The molecule has 0 atom stereocenters. The Bertz CT molecular complexity index is 478.